The predicted molar refractivity (Wildman–Crippen MR) is 180 cm³/mol. The van der Waals surface area contributed by atoms with Crippen LogP contribution in [0.1, 0.15) is 75.3 Å². The maximum absolute atomic E-state index is 14.3. The van der Waals surface area contributed by atoms with Gasteiger partial charge in [0.1, 0.15) is 17.3 Å². The second-order valence-electron chi connectivity index (χ2n) is 13.2. The van der Waals surface area contributed by atoms with Crippen molar-refractivity contribution in [3.05, 3.63) is 48.2 Å². The number of hydrogen-bond acceptors (Lipinski definition) is 9. The van der Waals surface area contributed by atoms with E-state index in [0.717, 1.165) is 38.5 Å². The number of carbonyl (C=O) groups excluding carboxylic acids is 2. The number of aromatic nitrogens is 4. The summed E-state index contributed by atoms with van der Waals surface area (Å²) in [6, 6.07) is 8.35. The SMILES string of the molecule is CNc1nc(-c2c[nH]c(C(=O)N(c3cccc(F)c3)N3CCC(CN)CC3)n2)cc(N2C[C@H](C(=O)NC3CCCCC3)CC[C@@H]2C)n1. The lowest BCUT2D eigenvalue weighted by atomic mass is 9.91. The van der Waals surface area contributed by atoms with Crippen LogP contribution in [0.2, 0.25) is 0 Å². The number of nitrogens with one attached hydrogen (secondary N) is 3. The summed E-state index contributed by atoms with van der Waals surface area (Å²) < 4.78 is 14.3. The molecule has 6 rings (SSSR count). The Morgan fingerprint density at radius 3 is 2.53 bits per heavy atom. The molecule has 5 N–H and O–H groups in total. The summed E-state index contributed by atoms with van der Waals surface area (Å²) in [5, 5.41) is 9.81. The van der Waals surface area contributed by atoms with Crippen LogP contribution in [-0.4, -0.2) is 82.1 Å². The number of H-pyrrole nitrogens is 1. The van der Waals surface area contributed by atoms with E-state index in [4.69, 9.17) is 10.7 Å². The van der Waals surface area contributed by atoms with Crippen LogP contribution in [0.25, 0.3) is 11.4 Å². The first-order valence-electron chi connectivity index (χ1n) is 17.1. The number of rotatable bonds is 9. The van der Waals surface area contributed by atoms with Crippen molar-refractivity contribution in [2.45, 2.75) is 76.8 Å². The molecule has 0 bridgehead atoms. The molecule has 2 aromatic heterocycles. The largest absolute Gasteiger partial charge is 0.357 e. The summed E-state index contributed by atoms with van der Waals surface area (Å²) in [7, 11) is 1.76. The van der Waals surface area contributed by atoms with E-state index in [1.54, 1.807) is 25.4 Å². The number of halogens is 1. The fourth-order valence-electron chi connectivity index (χ4n) is 7.07. The van der Waals surface area contributed by atoms with Gasteiger partial charge in [-0.15, -0.1) is 0 Å². The van der Waals surface area contributed by atoms with Crippen LogP contribution in [0.5, 0.6) is 0 Å². The Morgan fingerprint density at radius 2 is 1.81 bits per heavy atom. The maximum atomic E-state index is 14.3. The van der Waals surface area contributed by atoms with Gasteiger partial charge in [0.05, 0.1) is 17.3 Å². The average Bonchev–Trinajstić information content (AvgIpc) is 3.60. The molecular weight excluding hydrogens is 599 g/mol. The lowest BCUT2D eigenvalue weighted by Crippen LogP contribution is -2.51. The minimum Gasteiger partial charge on any atom is -0.357 e. The highest BCUT2D eigenvalue weighted by atomic mass is 19.1. The highest BCUT2D eigenvalue weighted by molar-refractivity contribution is 6.03. The van der Waals surface area contributed by atoms with Gasteiger partial charge in [-0.1, -0.05) is 25.3 Å². The monoisotopic (exact) mass is 646 g/mol. The quantitative estimate of drug-likeness (QED) is 0.267. The lowest BCUT2D eigenvalue weighted by Gasteiger charge is -2.39. The van der Waals surface area contributed by atoms with Crippen LogP contribution in [-0.2, 0) is 4.79 Å². The van der Waals surface area contributed by atoms with E-state index in [9.17, 15) is 14.0 Å². The molecule has 1 aromatic carbocycles. The van der Waals surface area contributed by atoms with E-state index in [1.807, 2.05) is 11.1 Å². The third-order valence-electron chi connectivity index (χ3n) is 9.93. The zero-order valence-corrected chi connectivity index (χ0v) is 27.4. The molecular formula is C34H47FN10O2. The van der Waals surface area contributed by atoms with E-state index < -0.39 is 11.7 Å². The molecule has 252 valence electrons. The van der Waals surface area contributed by atoms with Crippen LogP contribution in [0.4, 0.5) is 21.8 Å². The molecule has 0 spiro atoms. The van der Waals surface area contributed by atoms with Crippen LogP contribution in [0.15, 0.2) is 36.5 Å². The minimum absolute atomic E-state index is 0.113. The van der Waals surface area contributed by atoms with Crippen LogP contribution in [0.3, 0.4) is 0 Å². The van der Waals surface area contributed by atoms with Gasteiger partial charge in [0.2, 0.25) is 11.9 Å². The number of hydrogen-bond donors (Lipinski definition) is 4. The topological polar surface area (TPSA) is 148 Å². The number of anilines is 3. The van der Waals surface area contributed by atoms with Gasteiger partial charge in [0.15, 0.2) is 5.82 Å². The highest BCUT2D eigenvalue weighted by Crippen LogP contribution is 2.31. The highest BCUT2D eigenvalue weighted by Gasteiger charge is 2.33. The molecule has 1 aliphatic carbocycles. The van der Waals surface area contributed by atoms with Gasteiger partial charge >= 0.3 is 5.91 Å². The van der Waals surface area contributed by atoms with Crippen molar-refractivity contribution in [3.8, 4) is 11.4 Å². The standard InChI is InChI=1S/C34H47FN10O2/c1-22-11-12-24(32(46)39-26-8-4-3-5-9-26)21-44(22)30-18-28(41-34(37-2)42-30)29-20-38-31(40-29)33(47)45(27-10-6-7-25(35)17-27)43-15-13-23(19-36)14-16-43/h6-7,10,17-18,20,22-24,26H,3-5,8-9,11-16,19,21,36H2,1-2H3,(H,38,40)(H,39,46)(H,37,41,42)/t22-,24+/m0/s1. The van der Waals surface area contributed by atoms with Crippen LogP contribution in [0, 0.1) is 17.7 Å². The van der Waals surface area contributed by atoms with Crippen molar-refractivity contribution in [3.63, 3.8) is 0 Å². The molecule has 3 aromatic rings. The second kappa shape index (κ2) is 14.8. The molecule has 2 saturated heterocycles. The van der Waals surface area contributed by atoms with Crippen molar-refractivity contribution in [1.82, 2.24) is 30.3 Å². The van der Waals surface area contributed by atoms with Gasteiger partial charge in [0, 0.05) is 51.0 Å². The van der Waals surface area contributed by atoms with Gasteiger partial charge in [-0.2, -0.15) is 4.98 Å². The first kappa shape index (κ1) is 32.8. The molecule has 1 saturated carbocycles. The number of piperidine rings is 2. The zero-order chi connectivity index (χ0) is 32.9. The number of hydrazine groups is 1. The molecule has 4 heterocycles. The number of aromatic amines is 1. The van der Waals surface area contributed by atoms with Gasteiger partial charge in [-0.25, -0.2) is 24.4 Å². The van der Waals surface area contributed by atoms with Gasteiger partial charge in [0.25, 0.3) is 0 Å². The van der Waals surface area contributed by atoms with Gasteiger partial charge < -0.3 is 26.3 Å². The summed E-state index contributed by atoms with van der Waals surface area (Å²) >= 11 is 0. The Kier molecular flexibility index (Phi) is 10.3. The second-order valence-corrected chi connectivity index (χ2v) is 13.2. The summed E-state index contributed by atoms with van der Waals surface area (Å²) in [4.78, 5) is 46.6. The fraction of sp³-hybridized carbons (Fsp3) is 0.559. The zero-order valence-electron chi connectivity index (χ0n) is 27.4. The number of nitrogens with zero attached hydrogens (tertiary/aromatic N) is 6. The van der Waals surface area contributed by atoms with E-state index in [0.29, 0.717) is 60.9 Å². The first-order chi connectivity index (χ1) is 22.8. The third-order valence-corrected chi connectivity index (χ3v) is 9.93. The van der Waals surface area contributed by atoms with Crippen molar-refractivity contribution < 1.29 is 14.0 Å². The molecule has 12 nitrogen and oxygen atoms in total. The molecule has 3 aliphatic rings. The van der Waals surface area contributed by atoms with Gasteiger partial charge in [-0.3, -0.25) is 9.59 Å². The lowest BCUT2D eigenvalue weighted by molar-refractivity contribution is -0.126. The van der Waals surface area contributed by atoms with E-state index in [1.165, 1.54) is 36.4 Å². The van der Waals surface area contributed by atoms with E-state index in [2.05, 4.69) is 37.4 Å². The summed E-state index contributed by atoms with van der Waals surface area (Å²) in [6.07, 6.45) is 10.7. The number of nitrogens with two attached hydrogens (primary N) is 1. The minimum atomic E-state index is -0.425. The predicted octanol–water partition coefficient (Wildman–Crippen LogP) is 4.33. The molecule has 2 atom stereocenters. The average molecular weight is 647 g/mol. The molecule has 47 heavy (non-hydrogen) atoms. The Balaban J connectivity index is 1.23. The maximum Gasteiger partial charge on any atom is 0.308 e. The molecule has 0 unspecified atom stereocenters. The van der Waals surface area contributed by atoms with Crippen LogP contribution < -0.4 is 26.3 Å². The molecule has 13 heteroatoms. The number of carbonyl (C=O) groups is 2. The first-order valence-corrected chi connectivity index (χ1v) is 17.1. The van der Waals surface area contributed by atoms with Crippen LogP contribution >= 0.6 is 0 Å². The van der Waals surface area contributed by atoms with E-state index in [-0.39, 0.29) is 29.7 Å². The normalized spacial score (nSPS) is 21.4. The molecule has 2 amide bonds. The smallest absolute Gasteiger partial charge is 0.308 e. The summed E-state index contributed by atoms with van der Waals surface area (Å²) in [5.41, 5.74) is 7.35. The Bertz CT molecular complexity index is 1530. The van der Waals surface area contributed by atoms with Crippen molar-refractivity contribution in [1.29, 1.82) is 0 Å². The molecule has 3 fully saturated rings. The fourth-order valence-corrected chi connectivity index (χ4v) is 7.07. The number of benzene rings is 1. The van der Waals surface area contributed by atoms with Gasteiger partial charge in [-0.05, 0) is 76.1 Å². The summed E-state index contributed by atoms with van der Waals surface area (Å²) in [5.74, 6) is 0.801. The number of amides is 2. The third kappa shape index (κ3) is 7.57. The molecule has 2 aliphatic heterocycles. The Morgan fingerprint density at radius 1 is 1.02 bits per heavy atom. The van der Waals surface area contributed by atoms with E-state index >= 15 is 0 Å². The Hall–Kier alpha value is -4.10. The van der Waals surface area contributed by atoms with Crippen molar-refractivity contribution in [2.75, 3.05) is 48.5 Å². The van der Waals surface area contributed by atoms with Crippen molar-refractivity contribution >= 4 is 29.3 Å². The molecule has 0 radical (unpaired) electrons. The van der Waals surface area contributed by atoms with Crippen molar-refractivity contribution in [2.24, 2.45) is 17.6 Å². The number of imidazole rings is 1. The Labute approximate surface area is 275 Å². The summed E-state index contributed by atoms with van der Waals surface area (Å²) in [6.45, 7) is 4.55.